The Labute approximate surface area is 259 Å². The molecule has 2 aromatic heterocycles. The molecule has 0 atom stereocenters. The molecular weight excluding hydrogens is 567 g/mol. The Bertz CT molecular complexity index is 2040. The summed E-state index contributed by atoms with van der Waals surface area (Å²) in [7, 11) is 0. The second-order valence-corrected chi connectivity index (χ2v) is 12.3. The number of benzene rings is 4. The van der Waals surface area contributed by atoms with E-state index in [-0.39, 0.29) is 23.8 Å². The lowest BCUT2D eigenvalue weighted by atomic mass is 10.1. The highest BCUT2D eigenvalue weighted by atomic mass is 32.1. The van der Waals surface area contributed by atoms with Gasteiger partial charge in [-0.25, -0.2) is 0 Å². The molecule has 0 bridgehead atoms. The van der Waals surface area contributed by atoms with Gasteiger partial charge in [0.1, 0.15) is 23.3 Å². The van der Waals surface area contributed by atoms with Crippen LogP contribution in [0.15, 0.2) is 82.8 Å². The van der Waals surface area contributed by atoms with Crippen LogP contribution in [-0.2, 0) is 0 Å². The Morgan fingerprint density at radius 1 is 0.636 bits per heavy atom. The fourth-order valence-electron chi connectivity index (χ4n) is 5.11. The molecule has 0 radical (unpaired) electrons. The van der Waals surface area contributed by atoms with E-state index in [0.29, 0.717) is 22.8 Å². The van der Waals surface area contributed by atoms with Gasteiger partial charge in [0.05, 0.1) is 5.52 Å². The molecular formula is C34H37N9S. The molecule has 4 aromatic carbocycles. The summed E-state index contributed by atoms with van der Waals surface area (Å²) in [5, 5.41) is 19.4. The molecule has 6 rings (SSSR count). The summed E-state index contributed by atoms with van der Waals surface area (Å²) in [6.07, 6.45) is 0. The molecule has 224 valence electrons. The summed E-state index contributed by atoms with van der Waals surface area (Å²) in [5.41, 5.74) is 28.6. The highest BCUT2D eigenvalue weighted by Crippen LogP contribution is 2.35. The van der Waals surface area contributed by atoms with Gasteiger partial charge in [0.25, 0.3) is 0 Å². The number of nitrogen functional groups attached to an aromatic ring is 2. The molecule has 0 amide bonds. The van der Waals surface area contributed by atoms with Gasteiger partial charge >= 0.3 is 0 Å². The van der Waals surface area contributed by atoms with E-state index in [1.165, 1.54) is 0 Å². The van der Waals surface area contributed by atoms with Gasteiger partial charge < -0.3 is 27.9 Å². The lowest BCUT2D eigenvalue weighted by Gasteiger charge is -2.04. The number of thiophene rings is 1. The molecule has 0 fully saturated rings. The largest absolute Gasteiger partial charge is 0.384 e. The van der Waals surface area contributed by atoms with Crippen molar-refractivity contribution in [3.8, 4) is 0 Å². The summed E-state index contributed by atoms with van der Waals surface area (Å²) in [6.45, 7) is 8.05. The van der Waals surface area contributed by atoms with Crippen molar-refractivity contribution in [2.75, 3.05) is 0 Å². The average Bonchev–Trinajstić information content (AvgIpc) is 3.53. The third-order valence-corrected chi connectivity index (χ3v) is 8.24. The van der Waals surface area contributed by atoms with Crippen molar-refractivity contribution >= 4 is 76.7 Å². The zero-order valence-electron chi connectivity index (χ0n) is 25.2. The van der Waals surface area contributed by atoms with Crippen LogP contribution < -0.4 is 22.9 Å². The molecule has 0 unspecified atom stereocenters. The van der Waals surface area contributed by atoms with Gasteiger partial charge in [-0.15, -0.1) is 11.3 Å². The van der Waals surface area contributed by atoms with Gasteiger partial charge in [-0.05, 0) is 76.2 Å². The molecule has 0 aliphatic carbocycles. The Morgan fingerprint density at radius 2 is 1.18 bits per heavy atom. The highest BCUT2D eigenvalue weighted by molar-refractivity contribution is 7.25. The first-order valence-electron chi connectivity index (χ1n) is 14.3. The number of nitrogens with two attached hydrogens (primary N) is 4. The van der Waals surface area contributed by atoms with Crippen molar-refractivity contribution in [2.24, 2.45) is 32.9 Å². The molecule has 6 aromatic rings. The smallest absolute Gasteiger partial charge is 0.128 e. The number of H-pyrrole nitrogens is 1. The van der Waals surface area contributed by atoms with Crippen molar-refractivity contribution in [1.29, 1.82) is 10.8 Å². The zero-order chi connectivity index (χ0) is 31.7. The van der Waals surface area contributed by atoms with Gasteiger partial charge in [-0.2, -0.15) is 0 Å². The topological polar surface area (TPSA) is 192 Å². The first kappa shape index (κ1) is 30.2. The molecule has 44 heavy (non-hydrogen) atoms. The van der Waals surface area contributed by atoms with Crippen molar-refractivity contribution in [3.63, 3.8) is 0 Å². The maximum Gasteiger partial charge on any atom is 0.128 e. The Balaban J connectivity index is 0.000000181. The third-order valence-electron chi connectivity index (χ3n) is 7.09. The van der Waals surface area contributed by atoms with Crippen LogP contribution in [0.25, 0.3) is 42.0 Å². The normalized spacial score (nSPS) is 12.4. The fourth-order valence-corrected chi connectivity index (χ4v) is 6.18. The van der Waals surface area contributed by atoms with Gasteiger partial charge in [0, 0.05) is 70.8 Å². The van der Waals surface area contributed by atoms with Crippen LogP contribution in [0.2, 0.25) is 0 Å². The van der Waals surface area contributed by atoms with E-state index >= 15 is 0 Å². The molecule has 9 nitrogen and oxygen atoms in total. The molecule has 0 saturated heterocycles. The van der Waals surface area contributed by atoms with Crippen LogP contribution in [0, 0.1) is 10.8 Å². The Hall–Kier alpha value is -5.22. The maximum absolute atomic E-state index is 7.51. The number of aromatic amines is 1. The molecule has 0 spiro atoms. The van der Waals surface area contributed by atoms with E-state index in [2.05, 4.69) is 27.1 Å². The molecule has 0 aliphatic heterocycles. The standard InChI is InChI=1S/C20H25N5.C14H12N4S/c1-11(2)23-19(21)13-8-9-14-15-6-5-7-16(20(22)24-12(3)4)18(15)25-17(14)10-13;15-13(16)7-1-3-11-9(5-7)10-6-8(14(17)18)2-4-12(10)19-11/h5-12,25H,1-4H3,(H2,21,23)(H2,22,24);1-6H,(H3,15,16)(H3,17,18). The first-order valence-corrected chi connectivity index (χ1v) is 15.1. The van der Waals surface area contributed by atoms with Crippen LogP contribution in [0.5, 0.6) is 0 Å². The quantitative estimate of drug-likeness (QED) is 0.0884. The average molecular weight is 604 g/mol. The number of nitrogens with zero attached hydrogens (tertiary/aromatic N) is 2. The number of hydrogen-bond acceptors (Lipinski definition) is 5. The van der Waals surface area contributed by atoms with E-state index in [0.717, 1.165) is 53.1 Å². The first-order chi connectivity index (χ1) is 20.9. The van der Waals surface area contributed by atoms with Crippen molar-refractivity contribution in [2.45, 2.75) is 39.8 Å². The predicted octanol–water partition coefficient (Wildman–Crippen LogP) is 6.17. The summed E-state index contributed by atoms with van der Waals surface area (Å²) in [5.74, 6) is 1.22. The maximum atomic E-state index is 7.51. The van der Waals surface area contributed by atoms with Crippen LogP contribution in [-0.4, -0.2) is 40.4 Å². The van der Waals surface area contributed by atoms with E-state index in [9.17, 15) is 0 Å². The van der Waals surface area contributed by atoms with Crippen LogP contribution >= 0.6 is 11.3 Å². The molecule has 11 N–H and O–H groups in total. The molecule has 2 heterocycles. The molecule has 0 saturated carbocycles. The summed E-state index contributed by atoms with van der Waals surface area (Å²) in [6, 6.07) is 24.0. The number of aliphatic imine (C=N–C) groups is 2. The molecule has 0 aliphatic rings. The van der Waals surface area contributed by atoms with E-state index in [1.54, 1.807) is 11.3 Å². The van der Waals surface area contributed by atoms with Crippen LogP contribution in [0.4, 0.5) is 0 Å². The lowest BCUT2D eigenvalue weighted by Crippen LogP contribution is -2.16. The van der Waals surface area contributed by atoms with Gasteiger partial charge in [-0.3, -0.25) is 20.8 Å². The number of fused-ring (bicyclic) bond motifs is 6. The van der Waals surface area contributed by atoms with Gasteiger partial charge in [0.2, 0.25) is 0 Å². The van der Waals surface area contributed by atoms with E-state index in [1.807, 2.05) is 88.4 Å². The summed E-state index contributed by atoms with van der Waals surface area (Å²) in [4.78, 5) is 12.4. The Kier molecular flexibility index (Phi) is 8.37. The van der Waals surface area contributed by atoms with E-state index < -0.39 is 0 Å². The number of aromatic nitrogens is 1. The Morgan fingerprint density at radius 3 is 1.73 bits per heavy atom. The monoisotopic (exact) mass is 603 g/mol. The zero-order valence-corrected chi connectivity index (χ0v) is 26.0. The van der Waals surface area contributed by atoms with E-state index in [4.69, 9.17) is 33.8 Å². The number of para-hydroxylation sites is 1. The second kappa shape index (κ2) is 12.2. The van der Waals surface area contributed by atoms with Gasteiger partial charge in [0.15, 0.2) is 0 Å². The highest BCUT2D eigenvalue weighted by Gasteiger charge is 2.12. The summed E-state index contributed by atoms with van der Waals surface area (Å²) >= 11 is 1.68. The van der Waals surface area contributed by atoms with Gasteiger partial charge in [-0.1, -0.05) is 24.3 Å². The van der Waals surface area contributed by atoms with Crippen molar-refractivity contribution < 1.29 is 0 Å². The molecule has 10 heteroatoms. The van der Waals surface area contributed by atoms with Crippen molar-refractivity contribution in [1.82, 2.24) is 4.98 Å². The minimum absolute atomic E-state index is 0.0592. The number of hydrogen-bond donors (Lipinski definition) is 7. The fraction of sp³-hybridized carbons (Fsp3) is 0.176. The number of nitrogens with one attached hydrogen (secondary N) is 3. The minimum atomic E-state index is 0.0592. The SMILES string of the molecule is CC(C)N=C(N)c1ccc2c(c1)[nH]c1c(C(N)=NC(C)C)cccc12.N=C(N)c1ccc2sc3ccc(C(=N)N)cc3c2c1. The minimum Gasteiger partial charge on any atom is -0.384 e. The second-order valence-electron chi connectivity index (χ2n) is 11.2. The number of amidine groups is 4. The van der Waals surface area contributed by atoms with Crippen LogP contribution in [0.1, 0.15) is 49.9 Å². The summed E-state index contributed by atoms with van der Waals surface area (Å²) < 4.78 is 2.28. The van der Waals surface area contributed by atoms with Crippen LogP contribution in [0.3, 0.4) is 0 Å². The third kappa shape index (κ3) is 6.11. The lowest BCUT2D eigenvalue weighted by molar-refractivity contribution is 0.834. The number of rotatable bonds is 6. The van der Waals surface area contributed by atoms with Crippen molar-refractivity contribution in [3.05, 3.63) is 95.1 Å². The predicted molar refractivity (Wildman–Crippen MR) is 189 cm³/mol.